The minimum absolute atomic E-state index is 0.745. The van der Waals surface area contributed by atoms with E-state index in [1.807, 2.05) is 0 Å². The Balaban J connectivity index is 2.30. The van der Waals surface area contributed by atoms with E-state index >= 15 is 0 Å². The molecule has 10 heavy (non-hydrogen) atoms. The largest absolute Gasteiger partial charge is 0.379 e. The lowest BCUT2D eigenvalue weighted by atomic mass is 10.5. The Kier molecular flexibility index (Phi) is 3.12. The minimum atomic E-state index is -0.745. The van der Waals surface area contributed by atoms with Crippen molar-refractivity contribution in [1.82, 2.24) is 4.57 Å². The second-order valence-electron chi connectivity index (χ2n) is 2.62. The number of morpholine rings is 1. The van der Waals surface area contributed by atoms with Crippen molar-refractivity contribution in [2.24, 2.45) is 0 Å². The van der Waals surface area contributed by atoms with Crippen LogP contribution >= 0.6 is 0 Å². The zero-order chi connectivity index (χ0) is 7.40. The van der Waals surface area contributed by atoms with Crippen molar-refractivity contribution in [2.45, 2.75) is 6.55 Å². The molecule has 1 atom stereocenters. The summed E-state index contributed by atoms with van der Waals surface area (Å²) in [5.74, 6) is 0. The maximum Gasteiger partial charge on any atom is 0.132 e. The van der Waals surface area contributed by atoms with Gasteiger partial charge in [-0.1, -0.05) is 12.2 Å². The molecule has 0 aromatic rings. The lowest BCUT2D eigenvalue weighted by Gasteiger charge is -2.29. The van der Waals surface area contributed by atoms with Crippen molar-refractivity contribution in [3.63, 3.8) is 0 Å². The molecular weight excluding hydrogens is 142 g/mol. The van der Waals surface area contributed by atoms with Crippen molar-refractivity contribution >= 4 is 8.96 Å². The summed E-state index contributed by atoms with van der Waals surface area (Å²) in [7, 11) is -0.745. The first-order valence-corrected chi connectivity index (χ1v) is 6.12. The SMILES string of the molecule is C=C[SiH](C)N1CCOCC1. The molecular formula is C7H15NOSi. The van der Waals surface area contributed by atoms with Gasteiger partial charge in [0, 0.05) is 13.1 Å². The summed E-state index contributed by atoms with van der Waals surface area (Å²) in [6.07, 6.45) is 0. The van der Waals surface area contributed by atoms with Crippen molar-refractivity contribution in [3.05, 3.63) is 12.3 Å². The van der Waals surface area contributed by atoms with Gasteiger partial charge < -0.3 is 9.30 Å². The van der Waals surface area contributed by atoms with E-state index in [2.05, 4.69) is 23.4 Å². The molecule has 1 aliphatic heterocycles. The van der Waals surface area contributed by atoms with E-state index < -0.39 is 8.96 Å². The third-order valence-electron chi connectivity index (χ3n) is 1.96. The van der Waals surface area contributed by atoms with Gasteiger partial charge in [0.25, 0.3) is 0 Å². The predicted octanol–water partition coefficient (Wildman–Crippen LogP) is 0.397. The van der Waals surface area contributed by atoms with Crippen molar-refractivity contribution in [1.29, 1.82) is 0 Å². The summed E-state index contributed by atoms with van der Waals surface area (Å²) in [5.41, 5.74) is 2.12. The second-order valence-corrected chi connectivity index (χ2v) is 5.31. The smallest absolute Gasteiger partial charge is 0.132 e. The summed E-state index contributed by atoms with van der Waals surface area (Å²) < 4.78 is 7.75. The highest BCUT2D eigenvalue weighted by Gasteiger charge is 2.14. The van der Waals surface area contributed by atoms with E-state index in [-0.39, 0.29) is 0 Å². The highest BCUT2D eigenvalue weighted by atomic mass is 28.3. The molecule has 1 aliphatic rings. The summed E-state index contributed by atoms with van der Waals surface area (Å²) in [6, 6.07) is 0. The van der Waals surface area contributed by atoms with Crippen LogP contribution < -0.4 is 0 Å². The first-order valence-electron chi connectivity index (χ1n) is 3.79. The van der Waals surface area contributed by atoms with E-state index in [0.29, 0.717) is 0 Å². The zero-order valence-corrected chi connectivity index (χ0v) is 7.70. The lowest BCUT2D eigenvalue weighted by molar-refractivity contribution is 0.0714. The van der Waals surface area contributed by atoms with Crippen LogP contribution in [0.3, 0.4) is 0 Å². The van der Waals surface area contributed by atoms with Gasteiger partial charge in [-0.25, -0.2) is 0 Å². The van der Waals surface area contributed by atoms with E-state index in [1.165, 1.54) is 0 Å². The fraction of sp³-hybridized carbons (Fsp3) is 0.714. The zero-order valence-electron chi connectivity index (χ0n) is 6.55. The molecule has 1 fully saturated rings. The van der Waals surface area contributed by atoms with E-state index in [1.54, 1.807) is 0 Å². The molecule has 0 N–H and O–H groups in total. The van der Waals surface area contributed by atoms with Crippen molar-refractivity contribution in [2.75, 3.05) is 26.3 Å². The topological polar surface area (TPSA) is 12.5 Å². The molecule has 0 spiro atoms. The third-order valence-corrected chi connectivity index (χ3v) is 4.31. The highest BCUT2D eigenvalue weighted by molar-refractivity contribution is 6.59. The van der Waals surface area contributed by atoms with Gasteiger partial charge in [-0.05, 0) is 0 Å². The molecule has 1 unspecified atom stereocenters. The molecule has 1 saturated heterocycles. The van der Waals surface area contributed by atoms with Crippen LogP contribution in [0, 0.1) is 0 Å². The monoisotopic (exact) mass is 157 g/mol. The van der Waals surface area contributed by atoms with Crippen LogP contribution in [0.15, 0.2) is 12.3 Å². The van der Waals surface area contributed by atoms with Gasteiger partial charge in [-0.3, -0.25) is 0 Å². The average molecular weight is 157 g/mol. The fourth-order valence-electron chi connectivity index (χ4n) is 1.13. The van der Waals surface area contributed by atoms with Gasteiger partial charge in [0.15, 0.2) is 0 Å². The Morgan fingerprint density at radius 2 is 2.10 bits per heavy atom. The summed E-state index contributed by atoms with van der Waals surface area (Å²) in [4.78, 5) is 0. The normalized spacial score (nSPS) is 24.1. The van der Waals surface area contributed by atoms with Crippen LogP contribution in [-0.4, -0.2) is 39.8 Å². The van der Waals surface area contributed by atoms with Gasteiger partial charge in [-0.15, -0.1) is 6.58 Å². The van der Waals surface area contributed by atoms with Crippen LogP contribution in [0.1, 0.15) is 0 Å². The second kappa shape index (κ2) is 3.90. The van der Waals surface area contributed by atoms with Crippen molar-refractivity contribution < 1.29 is 4.74 Å². The van der Waals surface area contributed by atoms with E-state index in [0.717, 1.165) is 26.3 Å². The molecule has 0 bridgehead atoms. The summed E-state index contributed by atoms with van der Waals surface area (Å²) in [6.45, 7) is 10.2. The van der Waals surface area contributed by atoms with Gasteiger partial charge in [-0.2, -0.15) is 0 Å². The number of hydrogen-bond acceptors (Lipinski definition) is 2. The maximum atomic E-state index is 5.24. The Morgan fingerprint density at radius 3 is 2.60 bits per heavy atom. The van der Waals surface area contributed by atoms with E-state index in [4.69, 9.17) is 4.74 Å². The van der Waals surface area contributed by atoms with Crippen LogP contribution in [0.5, 0.6) is 0 Å². The lowest BCUT2D eigenvalue weighted by Crippen LogP contribution is -2.43. The third kappa shape index (κ3) is 1.93. The number of hydrogen-bond donors (Lipinski definition) is 0. The molecule has 2 nitrogen and oxygen atoms in total. The van der Waals surface area contributed by atoms with Gasteiger partial charge in [0.1, 0.15) is 8.96 Å². The van der Waals surface area contributed by atoms with Crippen LogP contribution in [0.25, 0.3) is 0 Å². The maximum absolute atomic E-state index is 5.24. The number of rotatable bonds is 2. The molecule has 0 aliphatic carbocycles. The van der Waals surface area contributed by atoms with Gasteiger partial charge in [0.05, 0.1) is 13.2 Å². The number of nitrogens with zero attached hydrogens (tertiary/aromatic N) is 1. The number of ether oxygens (including phenoxy) is 1. The standard InChI is InChI=1S/C7H15NOSi/c1-3-10(2)8-4-6-9-7-5-8/h3,10H,1,4-7H2,2H3. The molecule has 0 aromatic carbocycles. The summed E-state index contributed by atoms with van der Waals surface area (Å²) >= 11 is 0. The van der Waals surface area contributed by atoms with Gasteiger partial charge in [0.2, 0.25) is 0 Å². The molecule has 0 amide bonds. The van der Waals surface area contributed by atoms with Crippen molar-refractivity contribution in [3.8, 4) is 0 Å². The van der Waals surface area contributed by atoms with Crippen LogP contribution in [-0.2, 0) is 4.74 Å². The Bertz CT molecular complexity index is 112. The Labute approximate surface area is 64.2 Å². The highest BCUT2D eigenvalue weighted by Crippen LogP contribution is 2.00. The molecule has 0 aromatic heterocycles. The van der Waals surface area contributed by atoms with E-state index in [9.17, 15) is 0 Å². The van der Waals surface area contributed by atoms with Crippen LogP contribution in [0.2, 0.25) is 6.55 Å². The molecule has 1 heterocycles. The fourth-order valence-corrected chi connectivity index (χ4v) is 2.46. The Hall–Kier alpha value is -0.123. The molecule has 58 valence electrons. The molecule has 0 radical (unpaired) electrons. The van der Waals surface area contributed by atoms with Gasteiger partial charge >= 0.3 is 0 Å². The molecule has 3 heteroatoms. The first kappa shape index (κ1) is 7.98. The predicted molar refractivity (Wildman–Crippen MR) is 45.6 cm³/mol. The Morgan fingerprint density at radius 1 is 1.50 bits per heavy atom. The molecule has 0 saturated carbocycles. The average Bonchev–Trinajstić information content (AvgIpc) is 2.05. The summed E-state index contributed by atoms with van der Waals surface area (Å²) in [5, 5.41) is 0. The first-order chi connectivity index (χ1) is 4.84. The quantitative estimate of drug-likeness (QED) is 0.538. The minimum Gasteiger partial charge on any atom is -0.379 e. The molecule has 1 rings (SSSR count). The van der Waals surface area contributed by atoms with Crippen LogP contribution in [0.4, 0.5) is 0 Å².